The minimum absolute atomic E-state index is 0.180. The lowest BCUT2D eigenvalue weighted by Crippen LogP contribution is -1.98. The third kappa shape index (κ3) is 3.13. The van der Waals surface area contributed by atoms with Crippen LogP contribution in [0.1, 0.15) is 19.4 Å². The topological polar surface area (TPSA) is 4.93 Å². The van der Waals surface area contributed by atoms with Gasteiger partial charge in [0.1, 0.15) is 5.82 Å². The molecule has 0 atom stereocenters. The van der Waals surface area contributed by atoms with E-state index in [1.165, 1.54) is 21.9 Å². The lowest BCUT2D eigenvalue weighted by molar-refractivity contribution is 0.624. The van der Waals surface area contributed by atoms with Crippen LogP contribution in [-0.4, -0.2) is 9.82 Å². The SMILES string of the molecule is CC(C)Sc1cn(Cc2cccc(F)c2)c2ccccc12. The molecule has 1 heterocycles. The lowest BCUT2D eigenvalue weighted by Gasteiger charge is -2.05. The minimum Gasteiger partial charge on any atom is -0.342 e. The smallest absolute Gasteiger partial charge is 0.123 e. The van der Waals surface area contributed by atoms with Crippen molar-refractivity contribution in [3.63, 3.8) is 0 Å². The summed E-state index contributed by atoms with van der Waals surface area (Å²) >= 11 is 1.87. The summed E-state index contributed by atoms with van der Waals surface area (Å²) in [5, 5.41) is 1.81. The number of halogens is 1. The van der Waals surface area contributed by atoms with E-state index in [2.05, 4.69) is 42.8 Å². The van der Waals surface area contributed by atoms with Gasteiger partial charge >= 0.3 is 0 Å². The third-order valence-corrected chi connectivity index (χ3v) is 4.41. The van der Waals surface area contributed by atoms with E-state index < -0.39 is 0 Å². The number of benzene rings is 2. The zero-order valence-corrected chi connectivity index (χ0v) is 13.0. The highest BCUT2D eigenvalue weighted by atomic mass is 32.2. The molecule has 0 saturated carbocycles. The Morgan fingerprint density at radius 3 is 2.67 bits per heavy atom. The number of para-hydroxylation sites is 1. The molecule has 1 nitrogen and oxygen atoms in total. The normalized spacial score (nSPS) is 11.4. The predicted molar refractivity (Wildman–Crippen MR) is 88.4 cm³/mol. The molecule has 3 heteroatoms. The molecular formula is C18H18FNS. The number of thioether (sulfide) groups is 1. The predicted octanol–water partition coefficient (Wildman–Crippen LogP) is 5.33. The van der Waals surface area contributed by atoms with Gasteiger partial charge in [0.15, 0.2) is 0 Å². The van der Waals surface area contributed by atoms with E-state index in [1.54, 1.807) is 12.1 Å². The van der Waals surface area contributed by atoms with Crippen LogP contribution in [0.2, 0.25) is 0 Å². The molecule has 21 heavy (non-hydrogen) atoms. The summed E-state index contributed by atoms with van der Waals surface area (Å²) in [5.41, 5.74) is 2.18. The molecule has 0 amide bonds. The highest BCUT2D eigenvalue weighted by Crippen LogP contribution is 2.32. The number of aromatic nitrogens is 1. The first-order valence-corrected chi connectivity index (χ1v) is 8.00. The van der Waals surface area contributed by atoms with E-state index in [0.29, 0.717) is 11.8 Å². The molecule has 108 valence electrons. The van der Waals surface area contributed by atoms with Gasteiger partial charge in [-0.1, -0.05) is 44.2 Å². The minimum atomic E-state index is -0.180. The van der Waals surface area contributed by atoms with Crippen molar-refractivity contribution in [2.24, 2.45) is 0 Å². The molecule has 0 radical (unpaired) electrons. The summed E-state index contributed by atoms with van der Waals surface area (Å²) in [6.45, 7) is 5.09. The summed E-state index contributed by atoms with van der Waals surface area (Å²) in [6, 6.07) is 15.2. The van der Waals surface area contributed by atoms with Crippen LogP contribution in [-0.2, 0) is 6.54 Å². The maximum atomic E-state index is 13.3. The summed E-state index contributed by atoms with van der Waals surface area (Å²) in [5.74, 6) is -0.180. The van der Waals surface area contributed by atoms with Gasteiger partial charge in [-0.15, -0.1) is 11.8 Å². The Balaban J connectivity index is 2.02. The highest BCUT2D eigenvalue weighted by Gasteiger charge is 2.10. The van der Waals surface area contributed by atoms with E-state index in [0.717, 1.165) is 5.56 Å². The molecule has 1 aromatic heterocycles. The molecule has 0 unspecified atom stereocenters. The Morgan fingerprint density at radius 2 is 1.90 bits per heavy atom. The standard InChI is InChI=1S/C18H18FNS/c1-13(2)21-18-12-20(17-9-4-3-8-16(17)18)11-14-6-5-7-15(19)10-14/h3-10,12-13H,11H2,1-2H3. The van der Waals surface area contributed by atoms with Gasteiger partial charge in [-0.25, -0.2) is 4.39 Å². The summed E-state index contributed by atoms with van der Waals surface area (Å²) in [7, 11) is 0. The van der Waals surface area contributed by atoms with Crippen LogP contribution in [0.5, 0.6) is 0 Å². The van der Waals surface area contributed by atoms with Gasteiger partial charge in [0.25, 0.3) is 0 Å². The fraction of sp³-hybridized carbons (Fsp3) is 0.222. The van der Waals surface area contributed by atoms with E-state index >= 15 is 0 Å². The van der Waals surface area contributed by atoms with Crippen molar-refractivity contribution in [2.45, 2.75) is 30.5 Å². The average Bonchev–Trinajstić information content (AvgIpc) is 2.77. The first-order valence-electron chi connectivity index (χ1n) is 7.12. The fourth-order valence-electron chi connectivity index (χ4n) is 2.52. The monoisotopic (exact) mass is 299 g/mol. The van der Waals surface area contributed by atoms with Gasteiger partial charge in [-0.2, -0.15) is 0 Å². The zero-order chi connectivity index (χ0) is 14.8. The second-order valence-corrected chi connectivity index (χ2v) is 7.05. The molecule has 3 aromatic rings. The maximum absolute atomic E-state index is 13.3. The highest BCUT2D eigenvalue weighted by molar-refractivity contribution is 8.00. The van der Waals surface area contributed by atoms with Gasteiger partial charge in [0.05, 0.1) is 0 Å². The summed E-state index contributed by atoms with van der Waals surface area (Å²) in [4.78, 5) is 1.29. The molecule has 3 rings (SSSR count). The van der Waals surface area contributed by atoms with Gasteiger partial charge in [-0.3, -0.25) is 0 Å². The molecule has 0 N–H and O–H groups in total. The molecular weight excluding hydrogens is 281 g/mol. The largest absolute Gasteiger partial charge is 0.342 e. The van der Waals surface area contributed by atoms with Gasteiger partial charge in [0.2, 0.25) is 0 Å². The number of hydrogen-bond acceptors (Lipinski definition) is 1. The molecule has 0 bridgehead atoms. The average molecular weight is 299 g/mol. The number of rotatable bonds is 4. The van der Waals surface area contributed by atoms with Crippen molar-refractivity contribution < 1.29 is 4.39 Å². The molecule has 0 spiro atoms. The van der Waals surface area contributed by atoms with Gasteiger partial charge in [-0.05, 0) is 23.8 Å². The molecule has 0 fully saturated rings. The Bertz CT molecular complexity index is 761. The molecule has 0 aliphatic heterocycles. The summed E-state index contributed by atoms with van der Waals surface area (Å²) < 4.78 is 15.6. The second kappa shape index (κ2) is 5.94. The van der Waals surface area contributed by atoms with E-state index in [-0.39, 0.29) is 5.82 Å². The zero-order valence-electron chi connectivity index (χ0n) is 12.2. The number of nitrogens with zero attached hydrogens (tertiary/aromatic N) is 1. The quantitative estimate of drug-likeness (QED) is 0.589. The maximum Gasteiger partial charge on any atom is 0.123 e. The van der Waals surface area contributed by atoms with Crippen molar-refractivity contribution in [2.75, 3.05) is 0 Å². The van der Waals surface area contributed by atoms with Crippen molar-refractivity contribution in [3.05, 3.63) is 66.1 Å². The Labute approximate surface area is 128 Å². The van der Waals surface area contributed by atoms with Crippen molar-refractivity contribution in [3.8, 4) is 0 Å². The van der Waals surface area contributed by atoms with Crippen molar-refractivity contribution >= 4 is 22.7 Å². The molecule has 0 aliphatic rings. The third-order valence-electron chi connectivity index (χ3n) is 3.36. The molecule has 0 saturated heterocycles. The second-order valence-electron chi connectivity index (χ2n) is 5.43. The number of hydrogen-bond donors (Lipinski definition) is 0. The van der Waals surface area contributed by atoms with E-state index in [9.17, 15) is 4.39 Å². The summed E-state index contributed by atoms with van der Waals surface area (Å²) in [6.07, 6.45) is 2.18. The van der Waals surface area contributed by atoms with Gasteiger partial charge < -0.3 is 4.57 Å². The van der Waals surface area contributed by atoms with Crippen LogP contribution in [0.3, 0.4) is 0 Å². The van der Waals surface area contributed by atoms with E-state index in [1.807, 2.05) is 23.9 Å². The van der Waals surface area contributed by atoms with Crippen LogP contribution in [0.25, 0.3) is 10.9 Å². The fourth-order valence-corrected chi connectivity index (χ4v) is 3.52. The lowest BCUT2D eigenvalue weighted by atomic mass is 10.2. The molecule has 2 aromatic carbocycles. The van der Waals surface area contributed by atoms with Crippen molar-refractivity contribution in [1.29, 1.82) is 0 Å². The Kier molecular flexibility index (Phi) is 4.02. The van der Waals surface area contributed by atoms with E-state index in [4.69, 9.17) is 0 Å². The van der Waals surface area contributed by atoms with Crippen LogP contribution in [0.4, 0.5) is 4.39 Å². The van der Waals surface area contributed by atoms with Crippen LogP contribution in [0.15, 0.2) is 59.6 Å². The first kappa shape index (κ1) is 14.2. The Morgan fingerprint density at radius 1 is 1.10 bits per heavy atom. The van der Waals surface area contributed by atoms with Gasteiger partial charge in [0, 0.05) is 33.8 Å². The molecule has 0 aliphatic carbocycles. The Hall–Kier alpha value is -1.74. The van der Waals surface area contributed by atoms with Crippen LogP contribution in [0, 0.1) is 5.82 Å². The van der Waals surface area contributed by atoms with Crippen LogP contribution >= 0.6 is 11.8 Å². The van der Waals surface area contributed by atoms with Crippen molar-refractivity contribution in [1.82, 2.24) is 4.57 Å². The van der Waals surface area contributed by atoms with Crippen LogP contribution < -0.4 is 0 Å². The number of fused-ring (bicyclic) bond motifs is 1. The first-order chi connectivity index (χ1) is 10.1.